The Morgan fingerprint density at radius 3 is 2.88 bits per heavy atom. The molecule has 0 radical (unpaired) electrons. The van der Waals surface area contributed by atoms with Gasteiger partial charge in [-0.2, -0.15) is 0 Å². The lowest BCUT2D eigenvalue weighted by molar-refractivity contribution is 0.584. The molecule has 0 aliphatic heterocycles. The van der Waals surface area contributed by atoms with Gasteiger partial charge in [0.05, 0.1) is 17.9 Å². The van der Waals surface area contributed by atoms with Crippen LogP contribution in [0.15, 0.2) is 24.4 Å². The number of aryl methyl sites for hydroxylation is 1. The van der Waals surface area contributed by atoms with Crippen LogP contribution in [0.2, 0.25) is 5.02 Å². The van der Waals surface area contributed by atoms with Gasteiger partial charge in [-0.3, -0.25) is 4.68 Å². The van der Waals surface area contributed by atoms with Crippen LogP contribution in [0.1, 0.15) is 17.3 Å². The molecule has 0 saturated carbocycles. The largest absolute Gasteiger partial charge is 0.319 e. The zero-order valence-corrected chi connectivity index (χ0v) is 9.32. The number of benzene rings is 1. The van der Waals surface area contributed by atoms with E-state index in [0.717, 1.165) is 0 Å². The lowest BCUT2D eigenvalue weighted by Crippen LogP contribution is -2.17. The molecule has 1 aromatic heterocycles. The van der Waals surface area contributed by atoms with Crippen LogP contribution in [0.4, 0.5) is 4.39 Å². The number of nitrogens with zero attached hydrogens (tertiary/aromatic N) is 3. The van der Waals surface area contributed by atoms with E-state index in [1.807, 2.05) is 0 Å². The number of aromatic nitrogens is 3. The van der Waals surface area contributed by atoms with Crippen LogP contribution >= 0.6 is 11.6 Å². The zero-order chi connectivity index (χ0) is 11.7. The molecule has 0 aliphatic carbocycles. The Labute approximate surface area is 96.8 Å². The first-order valence-electron chi connectivity index (χ1n) is 4.64. The van der Waals surface area contributed by atoms with Gasteiger partial charge < -0.3 is 5.73 Å². The molecule has 2 N–H and O–H groups in total. The van der Waals surface area contributed by atoms with Gasteiger partial charge in [0.2, 0.25) is 0 Å². The van der Waals surface area contributed by atoms with E-state index in [9.17, 15) is 4.39 Å². The topological polar surface area (TPSA) is 56.7 Å². The predicted octanol–water partition coefficient (Wildman–Crippen LogP) is 1.66. The fraction of sp³-hybridized carbons (Fsp3) is 0.200. The van der Waals surface area contributed by atoms with E-state index in [0.29, 0.717) is 16.3 Å². The second-order valence-corrected chi connectivity index (χ2v) is 3.86. The van der Waals surface area contributed by atoms with Crippen LogP contribution in [-0.4, -0.2) is 15.0 Å². The van der Waals surface area contributed by atoms with Crippen molar-refractivity contribution in [3.63, 3.8) is 0 Å². The standard InChI is InChI=1S/C10H10ClFN4/c1-16-9(5-14-15-16)10(13)7-4-6(11)2-3-8(7)12/h2-5,10H,13H2,1H3. The second-order valence-electron chi connectivity index (χ2n) is 3.43. The van der Waals surface area contributed by atoms with E-state index < -0.39 is 11.9 Å². The zero-order valence-electron chi connectivity index (χ0n) is 8.56. The van der Waals surface area contributed by atoms with E-state index in [1.54, 1.807) is 7.05 Å². The van der Waals surface area contributed by atoms with Gasteiger partial charge in [0.1, 0.15) is 5.82 Å². The minimum Gasteiger partial charge on any atom is -0.319 e. The van der Waals surface area contributed by atoms with Crippen LogP contribution < -0.4 is 5.73 Å². The first-order valence-corrected chi connectivity index (χ1v) is 5.02. The number of hydrogen-bond acceptors (Lipinski definition) is 3. The lowest BCUT2D eigenvalue weighted by Gasteiger charge is -2.12. The Morgan fingerprint density at radius 2 is 2.25 bits per heavy atom. The smallest absolute Gasteiger partial charge is 0.128 e. The number of halogens is 2. The van der Waals surface area contributed by atoms with Gasteiger partial charge in [0.15, 0.2) is 0 Å². The van der Waals surface area contributed by atoms with Gasteiger partial charge in [-0.25, -0.2) is 4.39 Å². The molecule has 1 atom stereocenters. The van der Waals surface area contributed by atoms with Crippen LogP contribution in [0, 0.1) is 5.82 Å². The molecule has 4 nitrogen and oxygen atoms in total. The maximum absolute atomic E-state index is 13.6. The highest BCUT2D eigenvalue weighted by molar-refractivity contribution is 6.30. The molecule has 0 spiro atoms. The van der Waals surface area contributed by atoms with Crippen molar-refractivity contribution in [3.05, 3.63) is 46.5 Å². The van der Waals surface area contributed by atoms with Crippen LogP contribution in [-0.2, 0) is 7.05 Å². The molecule has 0 aliphatic rings. The van der Waals surface area contributed by atoms with E-state index in [2.05, 4.69) is 10.3 Å². The van der Waals surface area contributed by atoms with Crippen molar-refractivity contribution in [1.29, 1.82) is 0 Å². The molecule has 2 rings (SSSR count). The van der Waals surface area contributed by atoms with Crippen LogP contribution in [0.5, 0.6) is 0 Å². The Hall–Kier alpha value is -1.46. The van der Waals surface area contributed by atoms with Crippen molar-refractivity contribution in [1.82, 2.24) is 15.0 Å². The van der Waals surface area contributed by atoms with Crippen molar-refractivity contribution in [2.45, 2.75) is 6.04 Å². The summed E-state index contributed by atoms with van der Waals surface area (Å²) in [5.41, 5.74) is 6.89. The fourth-order valence-corrected chi connectivity index (χ4v) is 1.67. The highest BCUT2D eigenvalue weighted by atomic mass is 35.5. The average Bonchev–Trinajstić information content (AvgIpc) is 2.67. The minimum atomic E-state index is -0.626. The number of nitrogens with two attached hydrogens (primary N) is 1. The summed E-state index contributed by atoms with van der Waals surface area (Å²) in [6.07, 6.45) is 1.50. The summed E-state index contributed by atoms with van der Waals surface area (Å²) in [6, 6.07) is 3.66. The predicted molar refractivity (Wildman–Crippen MR) is 58.4 cm³/mol. The SMILES string of the molecule is Cn1nncc1C(N)c1cc(Cl)ccc1F. The van der Waals surface area contributed by atoms with E-state index >= 15 is 0 Å². The van der Waals surface area contributed by atoms with Gasteiger partial charge in [-0.15, -0.1) is 5.10 Å². The minimum absolute atomic E-state index is 0.331. The van der Waals surface area contributed by atoms with Crippen molar-refractivity contribution in [2.24, 2.45) is 12.8 Å². The van der Waals surface area contributed by atoms with Crippen molar-refractivity contribution < 1.29 is 4.39 Å². The summed E-state index contributed by atoms with van der Waals surface area (Å²) < 4.78 is 15.1. The Kier molecular flexibility index (Phi) is 2.89. The molecule has 6 heteroatoms. The molecule has 0 fully saturated rings. The van der Waals surface area contributed by atoms with Gasteiger partial charge in [0, 0.05) is 17.6 Å². The first-order chi connectivity index (χ1) is 7.59. The molecule has 0 saturated heterocycles. The van der Waals surface area contributed by atoms with Gasteiger partial charge in [-0.05, 0) is 18.2 Å². The van der Waals surface area contributed by atoms with Gasteiger partial charge in [0.25, 0.3) is 0 Å². The second kappa shape index (κ2) is 4.19. The third-order valence-electron chi connectivity index (χ3n) is 2.36. The Bertz CT molecular complexity index is 511. The van der Waals surface area contributed by atoms with Gasteiger partial charge in [-0.1, -0.05) is 16.8 Å². The molecule has 1 unspecified atom stereocenters. The molecule has 84 valence electrons. The molecule has 0 amide bonds. The molecular formula is C10H10ClFN4. The van der Waals surface area contributed by atoms with Crippen LogP contribution in [0.3, 0.4) is 0 Å². The van der Waals surface area contributed by atoms with E-state index in [4.69, 9.17) is 17.3 Å². The van der Waals surface area contributed by atoms with Crippen molar-refractivity contribution >= 4 is 11.6 Å². The number of hydrogen-bond donors (Lipinski definition) is 1. The van der Waals surface area contributed by atoms with E-state index in [-0.39, 0.29) is 0 Å². The van der Waals surface area contributed by atoms with Crippen molar-refractivity contribution in [2.75, 3.05) is 0 Å². The highest BCUT2D eigenvalue weighted by Gasteiger charge is 2.17. The maximum Gasteiger partial charge on any atom is 0.128 e. The quantitative estimate of drug-likeness (QED) is 0.869. The maximum atomic E-state index is 13.6. The average molecular weight is 241 g/mol. The first kappa shape index (κ1) is 11.0. The molecule has 1 aromatic carbocycles. The highest BCUT2D eigenvalue weighted by Crippen LogP contribution is 2.24. The summed E-state index contributed by atoms with van der Waals surface area (Å²) in [6.45, 7) is 0. The molecule has 16 heavy (non-hydrogen) atoms. The number of rotatable bonds is 2. The Balaban J connectivity index is 2.45. The molecular weight excluding hydrogens is 231 g/mol. The Morgan fingerprint density at radius 1 is 1.50 bits per heavy atom. The molecule has 1 heterocycles. The summed E-state index contributed by atoms with van der Waals surface area (Å²) in [7, 11) is 1.70. The van der Waals surface area contributed by atoms with Crippen LogP contribution in [0.25, 0.3) is 0 Å². The van der Waals surface area contributed by atoms with Crippen molar-refractivity contribution in [3.8, 4) is 0 Å². The lowest BCUT2D eigenvalue weighted by atomic mass is 10.0. The third kappa shape index (κ3) is 1.91. The molecule has 0 bridgehead atoms. The summed E-state index contributed by atoms with van der Waals surface area (Å²) in [4.78, 5) is 0. The fourth-order valence-electron chi connectivity index (χ4n) is 1.49. The summed E-state index contributed by atoms with van der Waals surface area (Å²) in [5, 5.41) is 7.89. The van der Waals surface area contributed by atoms with Gasteiger partial charge >= 0.3 is 0 Å². The molecule has 2 aromatic rings. The monoisotopic (exact) mass is 240 g/mol. The van der Waals surface area contributed by atoms with E-state index in [1.165, 1.54) is 29.1 Å². The third-order valence-corrected chi connectivity index (χ3v) is 2.60. The summed E-state index contributed by atoms with van der Waals surface area (Å²) in [5.74, 6) is -0.391. The normalized spacial score (nSPS) is 12.8. The summed E-state index contributed by atoms with van der Waals surface area (Å²) >= 11 is 5.80.